The lowest BCUT2D eigenvalue weighted by Crippen LogP contribution is -2.29. The molecule has 0 amide bonds. The number of aliphatic hydroxyl groups is 2. The maximum absolute atomic E-state index is 10.1. The fourth-order valence-electron chi connectivity index (χ4n) is 13.5. The highest BCUT2D eigenvalue weighted by Gasteiger charge is 2.28. The number of aromatic nitrogens is 6. The van der Waals surface area contributed by atoms with E-state index in [0.29, 0.717) is 33.5 Å². The molecule has 0 bridgehead atoms. The van der Waals surface area contributed by atoms with Crippen molar-refractivity contribution in [2.24, 2.45) is 28.7 Å². The number of thiophene rings is 1. The number of hydrogen-bond acceptors (Lipinski definition) is 18. The van der Waals surface area contributed by atoms with E-state index in [0.717, 1.165) is 140 Å². The highest BCUT2D eigenvalue weighted by molar-refractivity contribution is 9.11. The summed E-state index contributed by atoms with van der Waals surface area (Å²) in [5.74, 6) is 9.94. The number of nitrogens with zero attached hydrogens (tertiary/aromatic N) is 5. The van der Waals surface area contributed by atoms with Crippen molar-refractivity contribution in [2.75, 3.05) is 75.9 Å². The monoisotopic (exact) mass is 1900 g/mol. The van der Waals surface area contributed by atoms with Gasteiger partial charge in [0.25, 0.3) is 0 Å². The molecule has 8 N–H and O–H groups in total. The summed E-state index contributed by atoms with van der Waals surface area (Å²) in [4.78, 5) is 18.1. The second kappa shape index (κ2) is 51.4. The van der Waals surface area contributed by atoms with Crippen LogP contribution in [0.25, 0.3) is 44.4 Å². The number of para-hydroxylation sites is 2. The summed E-state index contributed by atoms with van der Waals surface area (Å²) in [5, 5.41) is 45.2. The van der Waals surface area contributed by atoms with E-state index >= 15 is 0 Å². The number of rotatable bonds is 18. The molecule has 0 radical (unpaired) electrons. The molecule has 131 heavy (non-hydrogen) atoms. The number of benzene rings is 8. The molecule has 1 saturated carbocycles. The zero-order valence-electron chi connectivity index (χ0n) is 83.3. The molecule has 0 aliphatic heterocycles. The van der Waals surface area contributed by atoms with Gasteiger partial charge in [0.2, 0.25) is 5.75 Å². The van der Waals surface area contributed by atoms with Crippen molar-refractivity contribution in [2.45, 2.75) is 237 Å². The van der Waals surface area contributed by atoms with Crippen LogP contribution in [0.15, 0.2) is 215 Å². The van der Waals surface area contributed by atoms with Gasteiger partial charge in [-0.3, -0.25) is 5.10 Å². The molecular weight excluding hydrogens is 1750 g/mol. The number of aromatic amines is 1. The van der Waals surface area contributed by atoms with Gasteiger partial charge >= 0.3 is 0 Å². The van der Waals surface area contributed by atoms with Crippen molar-refractivity contribution in [3.8, 4) is 46.1 Å². The van der Waals surface area contributed by atoms with Gasteiger partial charge in [-0.05, 0) is 219 Å². The summed E-state index contributed by atoms with van der Waals surface area (Å²) >= 11 is 8.85. The normalized spacial score (nSPS) is 12.8. The first-order valence-electron chi connectivity index (χ1n) is 45.6. The van der Waals surface area contributed by atoms with Gasteiger partial charge in [-0.1, -0.05) is 260 Å². The van der Waals surface area contributed by atoms with E-state index in [1.807, 2.05) is 159 Å². The second-order valence-electron chi connectivity index (χ2n) is 39.9. The van der Waals surface area contributed by atoms with E-state index in [9.17, 15) is 5.11 Å². The minimum Gasteiger partial charge on any atom is -0.497 e. The summed E-state index contributed by atoms with van der Waals surface area (Å²) in [6, 6.07) is 69.0. The molecule has 13 aromatic rings. The Labute approximate surface area is 805 Å². The lowest BCUT2D eigenvalue weighted by molar-refractivity contribution is 0.0606. The average molecular weight is 1900 g/mol. The lowest BCUT2D eigenvalue weighted by Gasteiger charge is -2.27. The third kappa shape index (κ3) is 39.4. The number of aryl methyl sites for hydroxylation is 4. The number of ether oxygens (including phenoxy) is 4. The van der Waals surface area contributed by atoms with E-state index in [1.54, 1.807) is 39.8 Å². The van der Waals surface area contributed by atoms with Crippen LogP contribution in [0.5, 0.6) is 23.0 Å². The van der Waals surface area contributed by atoms with Crippen LogP contribution in [0, 0.1) is 54.3 Å². The summed E-state index contributed by atoms with van der Waals surface area (Å²) < 4.78 is 24.2. The van der Waals surface area contributed by atoms with E-state index in [-0.39, 0.29) is 28.3 Å². The van der Waals surface area contributed by atoms with Gasteiger partial charge in [-0.15, -0.1) is 23.1 Å². The van der Waals surface area contributed by atoms with Gasteiger partial charge in [0.05, 0.1) is 67.3 Å². The smallest absolute Gasteiger partial charge is 0.203 e. The van der Waals surface area contributed by atoms with Crippen LogP contribution in [0.4, 0.5) is 22.3 Å². The van der Waals surface area contributed by atoms with Gasteiger partial charge in [0.1, 0.15) is 22.7 Å². The molecule has 8 aromatic carbocycles. The van der Waals surface area contributed by atoms with Crippen LogP contribution in [0.3, 0.4) is 0 Å². The summed E-state index contributed by atoms with van der Waals surface area (Å²) in [6.07, 6.45) is 9.37. The van der Waals surface area contributed by atoms with E-state index < -0.39 is 5.60 Å². The zero-order valence-corrected chi connectivity index (χ0v) is 87.3. The Morgan fingerprint density at radius 3 is 1.66 bits per heavy atom. The molecule has 21 heteroatoms. The predicted octanol–water partition coefficient (Wildman–Crippen LogP) is 28.2. The van der Waals surface area contributed by atoms with Crippen molar-refractivity contribution < 1.29 is 29.2 Å². The maximum atomic E-state index is 10.1. The number of anilines is 4. The zero-order chi connectivity index (χ0) is 96.3. The van der Waals surface area contributed by atoms with Crippen molar-refractivity contribution in [3.05, 3.63) is 253 Å². The number of nitrogens with one attached hydrogen (secondary N) is 6. The fraction of sp³-hybridized carbons (Fsp3) is 0.436. The first kappa shape index (κ1) is 108. The molecule has 5 aromatic heterocycles. The Kier molecular flexibility index (Phi) is 42.4. The highest BCUT2D eigenvalue weighted by atomic mass is 79.9. The Balaban J connectivity index is 0.000000205. The van der Waals surface area contributed by atoms with E-state index in [1.165, 1.54) is 61.7 Å². The molecular formula is C110H150BrN11O6S3. The van der Waals surface area contributed by atoms with Crippen LogP contribution in [0.1, 0.15) is 207 Å². The minimum absolute atomic E-state index is 0.00712. The van der Waals surface area contributed by atoms with Crippen molar-refractivity contribution >= 4 is 106 Å². The maximum Gasteiger partial charge on any atom is 0.203 e. The summed E-state index contributed by atoms with van der Waals surface area (Å²) in [7, 11) is 8.53. The third-order valence-corrected chi connectivity index (χ3v) is 24.4. The van der Waals surface area contributed by atoms with Crippen molar-refractivity contribution in [1.29, 1.82) is 0 Å². The van der Waals surface area contributed by atoms with Crippen molar-refractivity contribution in [1.82, 2.24) is 35.0 Å². The van der Waals surface area contributed by atoms with Crippen LogP contribution < -0.4 is 45.5 Å². The van der Waals surface area contributed by atoms with Gasteiger partial charge in [-0.25, -0.2) is 15.0 Å². The molecule has 1 fully saturated rings. The molecule has 17 nitrogen and oxygen atoms in total. The first-order chi connectivity index (χ1) is 61.8. The molecule has 0 spiro atoms. The van der Waals surface area contributed by atoms with Gasteiger partial charge in [-0.2, -0.15) is 5.10 Å². The molecule has 15 rings (SSSR count). The van der Waals surface area contributed by atoms with Gasteiger partial charge < -0.3 is 60.3 Å². The van der Waals surface area contributed by atoms with E-state index in [2.05, 4.69) is 304 Å². The van der Waals surface area contributed by atoms with Crippen LogP contribution in [-0.2, 0) is 38.5 Å². The second-order valence-corrected chi connectivity index (χ2v) is 45.4. The highest BCUT2D eigenvalue weighted by Crippen LogP contribution is 2.41. The number of H-pyrrole nitrogens is 1. The molecule has 0 atom stereocenters. The van der Waals surface area contributed by atoms with Crippen LogP contribution in [-0.4, -0.2) is 111 Å². The molecule has 0 saturated heterocycles. The standard InChI is InChI=1S/C20H22N4.C18H23NS.C14H19N3.C12H20O.C11H17NO3.C11H16S.C8H13BrN2S.2C8H10O/c1-20(2,3)12-21-13-9-10-17-14(11-13)18-19(24(17)4)23-16-8-6-5-7-15(16)22-18;1-18(2,3)17-9-8-16(20-17)12-19-15-10-13-6-4-5-7-14(13)11-15;1-14(2,3)10-15-13-9-12(16-17-13)11-7-5-4-6-8-11;1-11(2,3)9-10-12(13)7-5-4-6-8-12;1-5-12-8-6-9(13-2)11(15-4)10(7-8)14-3;1-9-5-7-10(8-6-9)12-11(2,3)4;1-8(2,3)5-11-7-10-4-6(9)12-7;1-7-4-3-5-8(6-7)9-2;1-7-3-2-4-8(5-7)6-9/h5-11,21H,12H2,1-4H3;4-9,15,19H,10-12H2,1-3H3;4-9H,10H2,1-3H3,(H2,15,16,17);13H,4-8H2,1-3H3;6-7,12H,5H2,1-4H3;5-8H,1-4H3;4H,5H2,1-3H3,(H,10,11);3-6H,1-2H3;2-5,9H,6H2,1H3. The van der Waals surface area contributed by atoms with Crippen LogP contribution in [0.2, 0.25) is 0 Å². The number of thioether (sulfide) groups is 1. The molecule has 2 aliphatic carbocycles. The van der Waals surface area contributed by atoms with Crippen molar-refractivity contribution in [3.63, 3.8) is 0 Å². The Morgan fingerprint density at radius 2 is 1.15 bits per heavy atom. The number of halogens is 1. The quantitative estimate of drug-likeness (QED) is 0.0297. The number of aliphatic hydroxyl groups excluding tert-OH is 1. The number of methoxy groups -OCH3 is 4. The Bertz CT molecular complexity index is 5550. The third-order valence-electron chi connectivity index (χ3n) is 20.4. The Morgan fingerprint density at radius 1 is 0.573 bits per heavy atom. The Hall–Kier alpha value is -9.89. The molecule has 706 valence electrons. The summed E-state index contributed by atoms with van der Waals surface area (Å²) in [6.45, 7) is 52.6. The lowest BCUT2D eigenvalue weighted by atomic mass is 9.84. The number of fused-ring (bicyclic) bond motifs is 5. The molecule has 5 heterocycles. The van der Waals surface area contributed by atoms with Gasteiger partial charge in [0, 0.05) is 106 Å². The number of hydrogen-bond donors (Lipinski definition) is 8. The summed E-state index contributed by atoms with van der Waals surface area (Å²) in [5.41, 5.74) is 17.4. The number of thiazole rings is 1. The average Bonchev–Trinajstić information content (AvgIpc) is 1.60. The largest absolute Gasteiger partial charge is 0.497 e. The SMILES string of the molecule is CC(C)(C)C#CC1(O)CCCCC1.CC(C)(C)CNc1cc(-c2ccccc2)[nH]n1.CC(C)(C)CNc1ncc(Br)s1.CC(C)(C)c1ccc(CNC2Cc3ccccc3C2)s1.CCNc1cc(OC)c(OC)c(OC)c1.COc1cccc(C)c1.Cc1ccc(SC(C)(C)C)cc1.Cc1cccc(CO)c1.Cn1c2ccc(NCC(C)(C)C)cc2c2nc3ccccc3nc21. The molecule has 2 aliphatic rings. The topological polar surface area (TPSA) is 210 Å². The predicted molar refractivity (Wildman–Crippen MR) is 566 cm³/mol. The minimum atomic E-state index is -0.675. The fourth-order valence-corrected chi connectivity index (χ4v) is 16.6. The van der Waals surface area contributed by atoms with E-state index in [4.69, 9.17) is 34.0 Å². The van der Waals surface area contributed by atoms with Gasteiger partial charge in [0.15, 0.2) is 22.3 Å². The van der Waals surface area contributed by atoms with Crippen LogP contribution >= 0.6 is 50.4 Å². The first-order valence-corrected chi connectivity index (χ1v) is 48.8. The molecule has 0 unspecified atom stereocenters.